The first kappa shape index (κ1) is 19.9. The van der Waals surface area contributed by atoms with E-state index in [4.69, 9.17) is 11.6 Å². The van der Waals surface area contributed by atoms with E-state index in [1.54, 1.807) is 0 Å². The molecule has 1 aliphatic rings. The molecule has 0 saturated heterocycles. The van der Waals surface area contributed by atoms with Crippen molar-refractivity contribution in [1.29, 1.82) is 0 Å². The molecule has 0 radical (unpaired) electrons. The summed E-state index contributed by atoms with van der Waals surface area (Å²) >= 11 is 6.10. The first-order chi connectivity index (χ1) is 12.7. The van der Waals surface area contributed by atoms with Crippen LogP contribution in [0.3, 0.4) is 0 Å². The predicted molar refractivity (Wildman–Crippen MR) is 113 cm³/mol. The maximum atomic E-state index is 13.3. The minimum Gasteiger partial charge on any atom is -0.331 e. The number of benzene rings is 2. The highest BCUT2D eigenvalue weighted by atomic mass is 35.5. The highest BCUT2D eigenvalue weighted by Gasteiger charge is 2.32. The largest absolute Gasteiger partial charge is 0.331 e. The number of carbonyl (C=O) groups excluding carboxylic acids is 1. The van der Waals surface area contributed by atoms with Gasteiger partial charge in [-0.25, -0.2) is 0 Å². The molecule has 0 saturated carbocycles. The molecule has 1 aliphatic heterocycles. The van der Waals surface area contributed by atoms with Gasteiger partial charge in [-0.15, -0.1) is 0 Å². The zero-order valence-electron chi connectivity index (χ0n) is 16.8. The normalized spacial score (nSPS) is 18.1. The highest BCUT2D eigenvalue weighted by Crippen LogP contribution is 2.37. The van der Waals surface area contributed by atoms with Crippen LogP contribution in [0.2, 0.25) is 5.02 Å². The van der Waals surface area contributed by atoms with Crippen molar-refractivity contribution in [3.05, 3.63) is 70.2 Å². The average Bonchev–Trinajstić information content (AvgIpc) is 2.59. The van der Waals surface area contributed by atoms with Gasteiger partial charge < -0.3 is 4.90 Å². The fraction of sp³-hybridized carbons (Fsp3) is 0.458. The number of rotatable bonds is 4. The molecule has 0 N–H and O–H groups in total. The van der Waals surface area contributed by atoms with Gasteiger partial charge in [0.05, 0.1) is 6.04 Å². The summed E-state index contributed by atoms with van der Waals surface area (Å²) in [4.78, 5) is 15.3. The summed E-state index contributed by atoms with van der Waals surface area (Å²) in [6.45, 7) is 9.68. The van der Waals surface area contributed by atoms with Crippen molar-refractivity contribution in [2.75, 3.05) is 6.54 Å². The van der Waals surface area contributed by atoms with Crippen LogP contribution in [0.1, 0.15) is 63.3 Å². The second-order valence-corrected chi connectivity index (χ2v) is 9.50. The molecule has 27 heavy (non-hydrogen) atoms. The summed E-state index contributed by atoms with van der Waals surface area (Å²) in [6.07, 6.45) is 2.57. The van der Waals surface area contributed by atoms with Gasteiger partial charge in [0, 0.05) is 18.0 Å². The van der Waals surface area contributed by atoms with Gasteiger partial charge in [0.1, 0.15) is 0 Å². The number of nitrogens with zero attached hydrogens (tertiary/aromatic N) is 1. The monoisotopic (exact) mass is 383 g/mol. The molecule has 0 aliphatic carbocycles. The van der Waals surface area contributed by atoms with E-state index in [9.17, 15) is 4.79 Å². The first-order valence-electron chi connectivity index (χ1n) is 9.87. The molecule has 0 aromatic heterocycles. The third kappa shape index (κ3) is 4.93. The van der Waals surface area contributed by atoms with Crippen molar-refractivity contribution in [1.82, 2.24) is 4.90 Å². The van der Waals surface area contributed by atoms with Crippen LogP contribution in [0.4, 0.5) is 0 Å². The van der Waals surface area contributed by atoms with Crippen molar-refractivity contribution in [3.8, 4) is 0 Å². The third-order valence-electron chi connectivity index (χ3n) is 5.27. The Bertz CT molecular complexity index is 791. The molecular weight excluding hydrogens is 354 g/mol. The molecule has 1 heterocycles. The van der Waals surface area contributed by atoms with Crippen LogP contribution < -0.4 is 0 Å². The molecule has 3 heteroatoms. The molecule has 1 amide bonds. The highest BCUT2D eigenvalue weighted by molar-refractivity contribution is 6.30. The fourth-order valence-corrected chi connectivity index (χ4v) is 4.50. The zero-order chi connectivity index (χ0) is 19.6. The zero-order valence-corrected chi connectivity index (χ0v) is 17.6. The van der Waals surface area contributed by atoms with Gasteiger partial charge in [0.25, 0.3) is 0 Å². The second-order valence-electron chi connectivity index (χ2n) is 9.06. The van der Waals surface area contributed by atoms with Gasteiger partial charge in [-0.3, -0.25) is 4.79 Å². The van der Waals surface area contributed by atoms with Crippen molar-refractivity contribution in [3.63, 3.8) is 0 Å². The van der Waals surface area contributed by atoms with E-state index >= 15 is 0 Å². The van der Waals surface area contributed by atoms with Crippen LogP contribution >= 0.6 is 11.6 Å². The Hall–Kier alpha value is -1.80. The minimum absolute atomic E-state index is 0.0263. The summed E-state index contributed by atoms with van der Waals surface area (Å²) < 4.78 is 0. The molecule has 2 aromatic carbocycles. The van der Waals surface area contributed by atoms with Gasteiger partial charge in [0.15, 0.2) is 0 Å². The molecular formula is C24H30ClNO. The minimum atomic E-state index is -0.0263. The standard InChI is InChI=1S/C24H30ClNO/c1-17(16-24(2,3)4)15-22(27)26-14-13-18-7-5-6-8-21(18)23(26)19-9-11-20(25)12-10-19/h5-12,17,23H,13-16H2,1-4H3. The molecule has 0 fully saturated rings. The van der Waals surface area contributed by atoms with E-state index in [2.05, 4.69) is 56.9 Å². The van der Waals surface area contributed by atoms with E-state index in [0.29, 0.717) is 12.3 Å². The molecule has 0 spiro atoms. The Morgan fingerprint density at radius 1 is 1.15 bits per heavy atom. The van der Waals surface area contributed by atoms with Gasteiger partial charge in [-0.1, -0.05) is 75.7 Å². The van der Waals surface area contributed by atoms with Crippen LogP contribution in [0.25, 0.3) is 0 Å². The lowest BCUT2D eigenvalue weighted by Gasteiger charge is -2.38. The smallest absolute Gasteiger partial charge is 0.223 e. The molecule has 0 bridgehead atoms. The number of halogens is 1. The summed E-state index contributed by atoms with van der Waals surface area (Å²) in [5, 5.41) is 0.722. The van der Waals surface area contributed by atoms with Crippen molar-refractivity contribution < 1.29 is 4.79 Å². The maximum absolute atomic E-state index is 13.3. The Morgan fingerprint density at radius 3 is 2.48 bits per heavy atom. The molecule has 2 aromatic rings. The number of carbonyl (C=O) groups is 1. The van der Waals surface area contributed by atoms with E-state index in [0.717, 1.165) is 30.0 Å². The van der Waals surface area contributed by atoms with Crippen LogP contribution in [-0.4, -0.2) is 17.4 Å². The third-order valence-corrected chi connectivity index (χ3v) is 5.53. The molecule has 2 nitrogen and oxygen atoms in total. The molecule has 144 valence electrons. The second kappa shape index (κ2) is 8.06. The number of hydrogen-bond acceptors (Lipinski definition) is 1. The Kier molecular flexibility index (Phi) is 5.95. The van der Waals surface area contributed by atoms with Crippen LogP contribution in [0.15, 0.2) is 48.5 Å². The van der Waals surface area contributed by atoms with Crippen LogP contribution in [0, 0.1) is 11.3 Å². The molecule has 2 atom stereocenters. The van der Waals surface area contributed by atoms with E-state index in [1.165, 1.54) is 11.1 Å². The summed E-state index contributed by atoms with van der Waals surface area (Å²) in [5.41, 5.74) is 3.94. The maximum Gasteiger partial charge on any atom is 0.223 e. The number of amides is 1. The van der Waals surface area contributed by atoms with Crippen LogP contribution in [0.5, 0.6) is 0 Å². The number of hydrogen-bond donors (Lipinski definition) is 0. The quantitative estimate of drug-likeness (QED) is 0.608. The Morgan fingerprint density at radius 2 is 1.81 bits per heavy atom. The Balaban J connectivity index is 1.89. The first-order valence-corrected chi connectivity index (χ1v) is 10.2. The summed E-state index contributed by atoms with van der Waals surface area (Å²) in [6, 6.07) is 16.4. The average molecular weight is 384 g/mol. The summed E-state index contributed by atoms with van der Waals surface area (Å²) in [7, 11) is 0. The topological polar surface area (TPSA) is 20.3 Å². The van der Waals surface area contributed by atoms with Crippen molar-refractivity contribution in [2.24, 2.45) is 11.3 Å². The van der Waals surface area contributed by atoms with Gasteiger partial charge >= 0.3 is 0 Å². The lowest BCUT2D eigenvalue weighted by Crippen LogP contribution is -2.41. The Labute approximate surface area is 168 Å². The van der Waals surface area contributed by atoms with Gasteiger partial charge in [0.2, 0.25) is 5.91 Å². The van der Waals surface area contributed by atoms with Crippen molar-refractivity contribution in [2.45, 2.75) is 53.0 Å². The van der Waals surface area contributed by atoms with E-state index < -0.39 is 0 Å². The SMILES string of the molecule is CC(CC(=O)N1CCc2ccccc2C1c1ccc(Cl)cc1)CC(C)(C)C. The lowest BCUT2D eigenvalue weighted by atomic mass is 9.83. The predicted octanol–water partition coefficient (Wildman–Crippen LogP) is 6.28. The van der Waals surface area contributed by atoms with Crippen molar-refractivity contribution >= 4 is 17.5 Å². The molecule has 2 unspecified atom stereocenters. The van der Waals surface area contributed by atoms with Crippen LogP contribution in [-0.2, 0) is 11.2 Å². The fourth-order valence-electron chi connectivity index (χ4n) is 4.37. The van der Waals surface area contributed by atoms with Gasteiger partial charge in [-0.05, 0) is 53.0 Å². The van der Waals surface area contributed by atoms with E-state index in [1.807, 2.05) is 24.3 Å². The summed E-state index contributed by atoms with van der Waals surface area (Å²) in [5.74, 6) is 0.627. The van der Waals surface area contributed by atoms with E-state index in [-0.39, 0.29) is 17.4 Å². The molecule has 3 rings (SSSR count). The lowest BCUT2D eigenvalue weighted by molar-refractivity contribution is -0.134. The van der Waals surface area contributed by atoms with Gasteiger partial charge in [-0.2, -0.15) is 0 Å². The number of fused-ring (bicyclic) bond motifs is 1.